The Kier molecular flexibility index (Phi) is 9.96. The lowest BCUT2D eigenvalue weighted by molar-refractivity contribution is -0.146. The van der Waals surface area contributed by atoms with Crippen LogP contribution in [0.1, 0.15) is 37.3 Å². The number of ether oxygens (including phenoxy) is 2. The first-order valence-corrected chi connectivity index (χ1v) is 12.6. The lowest BCUT2D eigenvalue weighted by atomic mass is 10.0. The number of rotatable bonds is 12. The lowest BCUT2D eigenvalue weighted by Gasteiger charge is -2.28. The first-order valence-electron chi connectivity index (χ1n) is 13.0. The van der Waals surface area contributed by atoms with Crippen molar-refractivity contribution in [1.82, 2.24) is 15.5 Å². The normalized spacial score (nSPS) is 17.7. The van der Waals surface area contributed by atoms with E-state index in [-0.39, 0.29) is 43.7 Å². The summed E-state index contributed by atoms with van der Waals surface area (Å²) < 4.78 is 46.5. The molecule has 1 saturated heterocycles. The van der Waals surface area contributed by atoms with Crippen LogP contribution >= 0.6 is 0 Å². The van der Waals surface area contributed by atoms with Crippen LogP contribution in [0.3, 0.4) is 0 Å². The third-order valence-electron chi connectivity index (χ3n) is 6.69. The van der Waals surface area contributed by atoms with Crippen molar-refractivity contribution in [2.45, 2.75) is 63.4 Å². The van der Waals surface area contributed by atoms with Crippen LogP contribution in [0.5, 0.6) is 0 Å². The van der Waals surface area contributed by atoms with Crippen LogP contribution in [0.2, 0.25) is 1.41 Å². The van der Waals surface area contributed by atoms with E-state index in [4.69, 9.17) is 10.9 Å². The molecule has 4 atom stereocenters. The van der Waals surface area contributed by atoms with Gasteiger partial charge in [0.05, 0.1) is 13.2 Å². The molecule has 0 saturated carbocycles. The molecule has 0 aromatic heterocycles. The fourth-order valence-corrected chi connectivity index (χ4v) is 4.43. The molecule has 1 aliphatic rings. The van der Waals surface area contributed by atoms with E-state index in [9.17, 15) is 28.0 Å². The van der Waals surface area contributed by atoms with Crippen molar-refractivity contribution >= 4 is 23.7 Å². The van der Waals surface area contributed by atoms with E-state index in [0.717, 1.165) is 11.6 Å². The van der Waals surface area contributed by atoms with Crippen molar-refractivity contribution < 1.29 is 38.8 Å². The summed E-state index contributed by atoms with van der Waals surface area (Å²) in [7, 11) is 2.50. The minimum absolute atomic E-state index is 0.0343. The molecule has 3 rings (SSSR count). The topological polar surface area (TPSA) is 114 Å². The van der Waals surface area contributed by atoms with Crippen molar-refractivity contribution in [3.63, 3.8) is 0 Å². The Morgan fingerprint density at radius 1 is 1.13 bits per heavy atom. The smallest absolute Gasteiger partial charge is 0.328 e. The van der Waals surface area contributed by atoms with E-state index < -0.39 is 53.6 Å². The van der Waals surface area contributed by atoms with Gasteiger partial charge in [-0.25, -0.2) is 13.6 Å². The Hall–Kier alpha value is -3.86. The van der Waals surface area contributed by atoms with Crippen molar-refractivity contribution in [3.05, 3.63) is 71.3 Å². The van der Waals surface area contributed by atoms with Gasteiger partial charge in [-0.3, -0.25) is 14.4 Å². The second kappa shape index (κ2) is 13.8. The number of nitrogens with zero attached hydrogens (tertiary/aromatic N) is 1. The Labute approximate surface area is 227 Å². The van der Waals surface area contributed by atoms with Gasteiger partial charge in [-0.1, -0.05) is 42.5 Å². The number of methoxy groups -OCH3 is 2. The van der Waals surface area contributed by atoms with Crippen molar-refractivity contribution in [2.24, 2.45) is 0 Å². The number of nitrogens with one attached hydrogen (secondary N) is 2. The van der Waals surface area contributed by atoms with Crippen LogP contribution < -0.4 is 10.6 Å². The van der Waals surface area contributed by atoms with E-state index in [0.29, 0.717) is 5.31 Å². The highest BCUT2D eigenvalue weighted by Gasteiger charge is 2.36. The maximum atomic E-state index is 14.2. The van der Waals surface area contributed by atoms with Crippen molar-refractivity contribution in [3.8, 4) is 0 Å². The second-order valence-electron chi connectivity index (χ2n) is 9.31. The molecule has 2 aromatic rings. The molecule has 3 amide bonds. The van der Waals surface area contributed by atoms with Crippen LogP contribution in [0.15, 0.2) is 48.5 Å². The summed E-state index contributed by atoms with van der Waals surface area (Å²) in [6.45, 7) is 1.26. The number of amides is 3. The van der Waals surface area contributed by atoms with Gasteiger partial charge in [0, 0.05) is 44.5 Å². The van der Waals surface area contributed by atoms with Crippen molar-refractivity contribution in [2.75, 3.05) is 14.2 Å². The summed E-state index contributed by atoms with van der Waals surface area (Å²) in [6.07, 6.45) is -0.760. The minimum Gasteiger partial charge on any atom is -0.467 e. The molecular formula is C28H33F2N3O6. The van der Waals surface area contributed by atoms with E-state index >= 15 is 0 Å². The SMILES string of the molecule is [2H]N(C(=O)C[C@@H]1CCC(=O)N1Cc1cccc(F)c1F)[C@H](C(=O)N[C@@H](Cc1ccccc1)C(=O)OC)[C@@H](C)OC. The number of likely N-dealkylation sites (tertiary alicyclic amines) is 1. The molecule has 0 unspecified atom stereocenters. The number of hydrogen-bond acceptors (Lipinski definition) is 6. The highest BCUT2D eigenvalue weighted by atomic mass is 19.2. The summed E-state index contributed by atoms with van der Waals surface area (Å²) >= 11 is 0. The average Bonchev–Trinajstić information content (AvgIpc) is 3.28. The van der Waals surface area contributed by atoms with Crippen LogP contribution in [-0.2, 0) is 41.6 Å². The molecule has 0 aliphatic carbocycles. The van der Waals surface area contributed by atoms with Gasteiger partial charge in [0.2, 0.25) is 17.7 Å². The molecule has 11 heteroatoms. The second-order valence-corrected chi connectivity index (χ2v) is 9.31. The Balaban J connectivity index is 1.74. The molecule has 210 valence electrons. The minimum atomic E-state index is -1.44. The third kappa shape index (κ3) is 7.82. The summed E-state index contributed by atoms with van der Waals surface area (Å²) in [5.74, 6) is -4.74. The van der Waals surface area contributed by atoms with E-state index in [1.807, 2.05) is 6.07 Å². The first-order chi connectivity index (χ1) is 19.1. The van der Waals surface area contributed by atoms with Gasteiger partial charge >= 0.3 is 5.97 Å². The molecule has 2 N–H and O–H groups in total. The maximum absolute atomic E-state index is 14.2. The Morgan fingerprint density at radius 3 is 2.51 bits per heavy atom. The fraction of sp³-hybridized carbons (Fsp3) is 0.429. The van der Waals surface area contributed by atoms with Crippen LogP contribution in [0.25, 0.3) is 0 Å². The Bertz CT molecular complexity index is 1220. The first kappa shape index (κ1) is 28.2. The number of esters is 1. The summed E-state index contributed by atoms with van der Waals surface area (Å²) in [4.78, 5) is 52.7. The summed E-state index contributed by atoms with van der Waals surface area (Å²) in [6, 6.07) is 9.38. The molecule has 0 radical (unpaired) electrons. The van der Waals surface area contributed by atoms with Crippen LogP contribution in [-0.4, -0.2) is 67.0 Å². The molecule has 1 aliphatic heterocycles. The quantitative estimate of drug-likeness (QED) is 0.395. The standard InChI is InChI=1S/C28H33F2N3O6/c1-17(38-2)26(27(36)31-22(28(37)39-3)14-18-8-5-4-6-9-18)32-23(34)15-20-12-13-24(35)33(20)16-19-10-7-11-21(29)25(19)30/h4-11,17,20,22,26H,12-16H2,1-3H3,(H,31,36)(H,32,34)/t17-,20+,22+,26+/m1/s1/i/hD. The average molecular weight is 547 g/mol. The number of carbonyl (C=O) groups is 4. The molecule has 0 bridgehead atoms. The summed E-state index contributed by atoms with van der Waals surface area (Å²) in [5, 5.41) is 3.05. The van der Waals surface area contributed by atoms with Crippen molar-refractivity contribution in [1.29, 1.82) is 0 Å². The molecule has 9 nitrogen and oxygen atoms in total. The highest BCUT2D eigenvalue weighted by Crippen LogP contribution is 2.25. The number of halogens is 2. The highest BCUT2D eigenvalue weighted by molar-refractivity contribution is 5.91. The molecular weight excluding hydrogens is 512 g/mol. The molecule has 1 heterocycles. The van der Waals surface area contributed by atoms with Gasteiger partial charge in [0.25, 0.3) is 0 Å². The molecule has 1 fully saturated rings. The Morgan fingerprint density at radius 2 is 1.85 bits per heavy atom. The number of carbonyl (C=O) groups excluding carboxylic acids is 4. The summed E-state index contributed by atoms with van der Waals surface area (Å²) in [5.41, 5.74) is 0.724. The predicted octanol–water partition coefficient (Wildman–Crippen LogP) is 2.27. The van der Waals surface area contributed by atoms with E-state index in [1.165, 1.54) is 38.2 Å². The van der Waals surface area contributed by atoms with Gasteiger partial charge in [0.15, 0.2) is 13.0 Å². The zero-order chi connectivity index (χ0) is 29.4. The van der Waals surface area contributed by atoms with Gasteiger partial charge in [-0.05, 0) is 25.0 Å². The largest absolute Gasteiger partial charge is 0.467 e. The molecule has 39 heavy (non-hydrogen) atoms. The van der Waals surface area contributed by atoms with Crippen LogP contribution in [0, 0.1) is 11.6 Å². The van der Waals surface area contributed by atoms with E-state index in [1.54, 1.807) is 24.3 Å². The zero-order valence-electron chi connectivity index (χ0n) is 23.1. The molecule has 0 spiro atoms. The number of benzene rings is 2. The third-order valence-corrected chi connectivity index (χ3v) is 6.69. The van der Waals surface area contributed by atoms with Gasteiger partial charge in [-0.2, -0.15) is 0 Å². The monoisotopic (exact) mass is 546 g/mol. The maximum Gasteiger partial charge on any atom is 0.328 e. The molecule has 2 aromatic carbocycles. The van der Waals surface area contributed by atoms with Crippen LogP contribution in [0.4, 0.5) is 8.78 Å². The van der Waals surface area contributed by atoms with Gasteiger partial charge < -0.3 is 25.0 Å². The van der Waals surface area contributed by atoms with Gasteiger partial charge in [-0.15, -0.1) is 0 Å². The fourth-order valence-electron chi connectivity index (χ4n) is 4.43. The van der Waals surface area contributed by atoms with Gasteiger partial charge in [0.1, 0.15) is 12.1 Å². The zero-order valence-corrected chi connectivity index (χ0v) is 22.1. The predicted molar refractivity (Wildman–Crippen MR) is 137 cm³/mol. The number of hydrogen-bond donors (Lipinski definition) is 2. The lowest BCUT2D eigenvalue weighted by Crippen LogP contribution is -2.57. The van der Waals surface area contributed by atoms with E-state index in [2.05, 4.69) is 5.32 Å².